The monoisotopic (exact) mass is 391 g/mol. The second kappa shape index (κ2) is 7.78. The molecule has 3 fully saturated rings. The van der Waals surface area contributed by atoms with Gasteiger partial charge in [-0.15, -0.1) is 0 Å². The van der Waals surface area contributed by atoms with E-state index < -0.39 is 8.24 Å². The number of hydrogen-bond donors (Lipinski definition) is 0. The van der Waals surface area contributed by atoms with Crippen LogP contribution in [0.5, 0.6) is 0 Å². The van der Waals surface area contributed by atoms with Crippen LogP contribution in [-0.2, 0) is 0 Å². The first kappa shape index (κ1) is 21.9. The smallest absolute Gasteiger partial charge is 0.126 e. The quantitative estimate of drug-likeness (QED) is 0.450. The minimum absolute atomic E-state index is 0.303. The highest BCUT2D eigenvalue weighted by atomic mass is 28.3. The lowest BCUT2D eigenvalue weighted by atomic mass is 9.62. The summed E-state index contributed by atoms with van der Waals surface area (Å²) in [7, 11) is -1.52. The van der Waals surface area contributed by atoms with E-state index in [4.69, 9.17) is 0 Å². The number of rotatable bonds is 4. The Morgan fingerprint density at radius 2 is 1.48 bits per heavy atom. The lowest BCUT2D eigenvalue weighted by molar-refractivity contribution is 0.0637. The maximum atomic E-state index is 2.97. The van der Waals surface area contributed by atoms with Gasteiger partial charge in [0.25, 0.3) is 0 Å². The van der Waals surface area contributed by atoms with Crippen molar-refractivity contribution in [2.45, 2.75) is 111 Å². The van der Waals surface area contributed by atoms with Crippen molar-refractivity contribution < 1.29 is 0 Å². The van der Waals surface area contributed by atoms with Crippen LogP contribution in [0.1, 0.15) is 87.0 Å². The highest BCUT2D eigenvalue weighted by molar-refractivity contribution is 6.76. The molecular weight excluding hydrogens is 342 g/mol. The van der Waals surface area contributed by atoms with Gasteiger partial charge in [0.2, 0.25) is 0 Å². The summed E-state index contributed by atoms with van der Waals surface area (Å²) in [5, 5.41) is 0. The Kier molecular flexibility index (Phi) is 6.30. The van der Waals surface area contributed by atoms with Gasteiger partial charge >= 0.3 is 0 Å². The average Bonchev–Trinajstić information content (AvgIpc) is 2.83. The predicted octanol–water partition coefficient (Wildman–Crippen LogP) is 7.44. The number of nitrogens with zero attached hydrogens (tertiary/aromatic N) is 1. The van der Waals surface area contributed by atoms with Crippen LogP contribution in [-0.4, -0.2) is 24.9 Å². The van der Waals surface area contributed by atoms with Gasteiger partial charge in [-0.25, -0.2) is 0 Å². The molecule has 0 aromatic carbocycles. The minimum Gasteiger partial charge on any atom is -0.319 e. The second-order valence-corrected chi connectivity index (χ2v) is 16.9. The summed E-state index contributed by atoms with van der Waals surface area (Å²) in [6.07, 6.45) is 9.26. The van der Waals surface area contributed by atoms with Gasteiger partial charge in [-0.1, -0.05) is 66.5 Å². The van der Waals surface area contributed by atoms with E-state index in [1.165, 1.54) is 19.4 Å². The van der Waals surface area contributed by atoms with Crippen molar-refractivity contribution in [1.82, 2.24) is 4.57 Å². The minimum atomic E-state index is -1.52. The van der Waals surface area contributed by atoms with Crippen molar-refractivity contribution in [3.05, 3.63) is 0 Å². The van der Waals surface area contributed by atoms with Gasteiger partial charge in [-0.05, 0) is 87.1 Å². The fourth-order valence-corrected chi connectivity index (χ4v) is 14.9. The lowest BCUT2D eigenvalue weighted by Gasteiger charge is -2.53. The number of fused-ring (bicyclic) bond motifs is 2. The molecule has 0 amide bonds. The molecule has 0 spiro atoms. The van der Waals surface area contributed by atoms with Crippen molar-refractivity contribution in [2.75, 3.05) is 6.54 Å². The Labute approximate surface area is 172 Å². The normalized spacial score (nSPS) is 40.3. The summed E-state index contributed by atoms with van der Waals surface area (Å²) in [5.74, 6) is 6.91. The van der Waals surface area contributed by atoms with Crippen LogP contribution in [0.4, 0.5) is 0 Å². The van der Waals surface area contributed by atoms with Gasteiger partial charge in [-0.3, -0.25) is 0 Å². The largest absolute Gasteiger partial charge is 0.319 e. The maximum Gasteiger partial charge on any atom is 0.126 e. The first-order valence-electron chi connectivity index (χ1n) is 12.3. The first-order chi connectivity index (χ1) is 12.5. The number of hydrogen-bond acceptors (Lipinski definition) is 1. The van der Waals surface area contributed by atoms with E-state index in [0.29, 0.717) is 5.54 Å². The zero-order valence-electron chi connectivity index (χ0n) is 20.0. The van der Waals surface area contributed by atoms with Crippen LogP contribution in [0.3, 0.4) is 0 Å². The van der Waals surface area contributed by atoms with Crippen molar-refractivity contribution in [2.24, 2.45) is 41.4 Å². The van der Waals surface area contributed by atoms with Crippen molar-refractivity contribution in [3.8, 4) is 0 Å². The Bertz CT molecular complexity index is 505. The highest BCUT2D eigenvalue weighted by Gasteiger charge is 2.59. The third kappa shape index (κ3) is 3.83. The molecular formula is C25H49NSi. The van der Waals surface area contributed by atoms with Crippen LogP contribution < -0.4 is 0 Å². The SMILES string of the molecule is CCN(C(C)(C)C)[Si](C)(C)C1C(C)C(C(C)C)C2CC3CCCCC3CC21. The van der Waals surface area contributed by atoms with E-state index in [1.807, 2.05) is 0 Å². The zero-order chi connectivity index (χ0) is 20.1. The fourth-order valence-electron chi connectivity index (χ4n) is 9.02. The molecule has 7 unspecified atom stereocenters. The van der Waals surface area contributed by atoms with Crippen molar-refractivity contribution in [3.63, 3.8) is 0 Å². The Balaban J connectivity index is 1.96. The molecule has 0 aromatic rings. The molecule has 1 nitrogen and oxygen atoms in total. The first-order valence-corrected chi connectivity index (χ1v) is 15.3. The summed E-state index contributed by atoms with van der Waals surface area (Å²) in [5.41, 5.74) is 1.29. The average molecular weight is 392 g/mol. The molecule has 0 radical (unpaired) electrons. The molecule has 3 saturated carbocycles. The molecule has 3 aliphatic carbocycles. The lowest BCUT2D eigenvalue weighted by Crippen LogP contribution is -2.61. The molecule has 158 valence electrons. The molecule has 0 N–H and O–H groups in total. The summed E-state index contributed by atoms with van der Waals surface area (Å²) >= 11 is 0. The zero-order valence-corrected chi connectivity index (χ0v) is 21.0. The van der Waals surface area contributed by atoms with Crippen LogP contribution in [0.15, 0.2) is 0 Å². The van der Waals surface area contributed by atoms with E-state index in [0.717, 1.165) is 47.0 Å². The topological polar surface area (TPSA) is 3.24 Å². The molecule has 3 aliphatic rings. The summed E-state index contributed by atoms with van der Waals surface area (Å²) < 4.78 is 2.97. The molecule has 0 aliphatic heterocycles. The Morgan fingerprint density at radius 1 is 0.963 bits per heavy atom. The van der Waals surface area contributed by atoms with Crippen LogP contribution >= 0.6 is 0 Å². The molecule has 0 aromatic heterocycles. The highest BCUT2D eigenvalue weighted by Crippen LogP contribution is 2.64. The van der Waals surface area contributed by atoms with E-state index in [2.05, 4.69) is 66.1 Å². The van der Waals surface area contributed by atoms with Crippen LogP contribution in [0.25, 0.3) is 0 Å². The fraction of sp³-hybridized carbons (Fsp3) is 1.00. The van der Waals surface area contributed by atoms with Gasteiger partial charge in [-0.2, -0.15) is 0 Å². The van der Waals surface area contributed by atoms with Gasteiger partial charge in [0.05, 0.1) is 0 Å². The van der Waals surface area contributed by atoms with Crippen LogP contribution in [0, 0.1) is 41.4 Å². The van der Waals surface area contributed by atoms with Crippen molar-refractivity contribution in [1.29, 1.82) is 0 Å². The maximum absolute atomic E-state index is 2.97. The van der Waals surface area contributed by atoms with Gasteiger partial charge in [0.1, 0.15) is 8.24 Å². The molecule has 7 atom stereocenters. The second-order valence-electron chi connectivity index (χ2n) is 12.4. The molecule has 0 bridgehead atoms. The van der Waals surface area contributed by atoms with E-state index in [-0.39, 0.29) is 0 Å². The summed E-state index contributed by atoms with van der Waals surface area (Å²) in [4.78, 5) is 0. The predicted molar refractivity (Wildman–Crippen MR) is 123 cm³/mol. The van der Waals surface area contributed by atoms with Gasteiger partial charge < -0.3 is 4.57 Å². The molecule has 3 rings (SSSR count). The summed E-state index contributed by atoms with van der Waals surface area (Å²) in [6, 6.07) is 0. The van der Waals surface area contributed by atoms with Gasteiger partial charge in [0, 0.05) is 5.54 Å². The molecule has 27 heavy (non-hydrogen) atoms. The standard InChI is InChI=1S/C25H49NSi/c1-10-26(25(5,6)7)27(8,9)24-18(4)23(17(2)3)21-15-19-13-11-12-14-20(19)16-22(21)24/h17-24H,10-16H2,1-9H3. The van der Waals surface area contributed by atoms with Crippen molar-refractivity contribution >= 4 is 8.24 Å². The molecule has 0 heterocycles. The Hall–Kier alpha value is 0.177. The Morgan fingerprint density at radius 3 is 1.93 bits per heavy atom. The van der Waals surface area contributed by atoms with Gasteiger partial charge in [0.15, 0.2) is 0 Å². The van der Waals surface area contributed by atoms with E-state index in [9.17, 15) is 0 Å². The third-order valence-electron chi connectivity index (χ3n) is 9.30. The van der Waals surface area contributed by atoms with Crippen LogP contribution in [0.2, 0.25) is 18.6 Å². The van der Waals surface area contributed by atoms with E-state index >= 15 is 0 Å². The summed E-state index contributed by atoms with van der Waals surface area (Å²) in [6.45, 7) is 24.2. The molecule has 0 saturated heterocycles. The molecule has 2 heteroatoms. The van der Waals surface area contributed by atoms with E-state index in [1.54, 1.807) is 25.7 Å². The third-order valence-corrected chi connectivity index (χ3v) is 14.3.